The van der Waals surface area contributed by atoms with Gasteiger partial charge >= 0.3 is 0 Å². The van der Waals surface area contributed by atoms with Crippen molar-refractivity contribution in [3.05, 3.63) is 29.8 Å². The molecule has 2 amide bonds. The molecule has 1 aromatic carbocycles. The summed E-state index contributed by atoms with van der Waals surface area (Å²) in [6.45, 7) is 2.33. The van der Waals surface area contributed by atoms with Crippen molar-refractivity contribution in [3.8, 4) is 0 Å². The molecule has 5 heteroatoms. The van der Waals surface area contributed by atoms with Gasteiger partial charge in [0.05, 0.1) is 17.9 Å². The van der Waals surface area contributed by atoms with E-state index in [2.05, 4.69) is 5.32 Å². The minimum atomic E-state index is -0.189. The van der Waals surface area contributed by atoms with E-state index in [1.165, 1.54) is 0 Å². The first-order chi connectivity index (χ1) is 10.0. The van der Waals surface area contributed by atoms with Gasteiger partial charge in [0.25, 0.3) is 5.91 Å². The van der Waals surface area contributed by atoms with Crippen LogP contribution in [-0.2, 0) is 9.53 Å². The average molecular weight is 290 g/mol. The number of hydrogen-bond donors (Lipinski definition) is 1. The minimum absolute atomic E-state index is 0.0833. The van der Waals surface area contributed by atoms with E-state index < -0.39 is 0 Å². The lowest BCUT2D eigenvalue weighted by molar-refractivity contribution is -0.119. The molecule has 0 bridgehead atoms. The Kier molecular flexibility index (Phi) is 4.96. The van der Waals surface area contributed by atoms with E-state index in [-0.39, 0.29) is 23.8 Å². The summed E-state index contributed by atoms with van der Waals surface area (Å²) in [5, 5.41) is 2.87. The lowest BCUT2D eigenvalue weighted by Crippen LogP contribution is -2.37. The molecule has 0 heterocycles. The normalized spacial score (nSPS) is 15.4. The molecule has 1 N–H and O–H groups in total. The second-order valence-electron chi connectivity index (χ2n) is 5.52. The minimum Gasteiger partial charge on any atom is -0.383 e. The number of amides is 2. The smallest absolute Gasteiger partial charge is 0.253 e. The second kappa shape index (κ2) is 6.72. The van der Waals surface area contributed by atoms with Crippen LogP contribution in [0.25, 0.3) is 0 Å². The maximum absolute atomic E-state index is 12.4. The number of benzene rings is 1. The molecule has 0 spiro atoms. The molecule has 0 unspecified atom stereocenters. The van der Waals surface area contributed by atoms with E-state index in [0.717, 1.165) is 12.8 Å². The largest absolute Gasteiger partial charge is 0.383 e. The number of anilines is 1. The Labute approximate surface area is 125 Å². The molecule has 0 aliphatic heterocycles. The third-order valence-electron chi connectivity index (χ3n) is 3.56. The first-order valence-electron chi connectivity index (χ1n) is 7.21. The lowest BCUT2D eigenvalue weighted by atomic mass is 10.1. The van der Waals surface area contributed by atoms with Crippen LogP contribution in [0.2, 0.25) is 0 Å². The molecule has 0 radical (unpaired) electrons. The number of ether oxygens (including phenoxy) is 1. The molecule has 0 aromatic heterocycles. The number of carbonyl (C=O) groups is 2. The van der Waals surface area contributed by atoms with Crippen molar-refractivity contribution in [2.24, 2.45) is 5.92 Å². The highest BCUT2D eigenvalue weighted by Crippen LogP contribution is 2.33. The second-order valence-corrected chi connectivity index (χ2v) is 5.52. The van der Waals surface area contributed by atoms with Crippen molar-refractivity contribution in [1.29, 1.82) is 0 Å². The number of para-hydroxylation sites is 1. The summed E-state index contributed by atoms with van der Waals surface area (Å²) in [5.74, 6) is 0.0179. The molecule has 1 aliphatic carbocycles. The molecule has 0 saturated heterocycles. The fraction of sp³-hybridized carbons (Fsp3) is 0.500. The SMILES string of the molecule is COC[C@H](C)NC(=O)c1ccccc1N(C)C(=O)C1CC1. The van der Waals surface area contributed by atoms with Crippen molar-refractivity contribution >= 4 is 17.5 Å². The van der Waals surface area contributed by atoms with Crippen molar-refractivity contribution in [2.45, 2.75) is 25.8 Å². The van der Waals surface area contributed by atoms with E-state index >= 15 is 0 Å². The fourth-order valence-corrected chi connectivity index (χ4v) is 2.27. The predicted octanol–water partition coefficient (Wildman–Crippen LogP) is 1.82. The maximum atomic E-state index is 12.4. The Morgan fingerprint density at radius 3 is 2.67 bits per heavy atom. The van der Waals surface area contributed by atoms with Crippen LogP contribution in [0.4, 0.5) is 5.69 Å². The van der Waals surface area contributed by atoms with Crippen LogP contribution >= 0.6 is 0 Å². The van der Waals surface area contributed by atoms with Gasteiger partial charge in [0.2, 0.25) is 5.91 Å². The molecule has 1 saturated carbocycles. The predicted molar refractivity (Wildman–Crippen MR) is 81.4 cm³/mol. The zero-order chi connectivity index (χ0) is 15.4. The molecule has 1 fully saturated rings. The molecule has 1 aromatic rings. The van der Waals surface area contributed by atoms with Crippen LogP contribution in [0.15, 0.2) is 24.3 Å². The van der Waals surface area contributed by atoms with Gasteiger partial charge in [0.15, 0.2) is 0 Å². The Bertz CT molecular complexity index is 526. The standard InChI is InChI=1S/C16H22N2O3/c1-11(10-21-3)17-15(19)13-6-4-5-7-14(13)18(2)16(20)12-8-9-12/h4-7,11-12H,8-10H2,1-3H3,(H,17,19)/t11-/m0/s1. The highest BCUT2D eigenvalue weighted by molar-refractivity contribution is 6.05. The Morgan fingerprint density at radius 2 is 2.05 bits per heavy atom. The zero-order valence-corrected chi connectivity index (χ0v) is 12.8. The maximum Gasteiger partial charge on any atom is 0.253 e. The molecular weight excluding hydrogens is 268 g/mol. The van der Waals surface area contributed by atoms with Crippen LogP contribution in [0.5, 0.6) is 0 Å². The average Bonchev–Trinajstić information content (AvgIpc) is 3.30. The van der Waals surface area contributed by atoms with E-state index in [1.54, 1.807) is 37.3 Å². The summed E-state index contributed by atoms with van der Waals surface area (Å²) in [6, 6.07) is 7.09. The van der Waals surface area contributed by atoms with Crippen LogP contribution < -0.4 is 10.2 Å². The van der Waals surface area contributed by atoms with Crippen LogP contribution in [0.1, 0.15) is 30.1 Å². The fourth-order valence-electron chi connectivity index (χ4n) is 2.27. The number of nitrogens with one attached hydrogen (secondary N) is 1. The summed E-state index contributed by atoms with van der Waals surface area (Å²) in [6.07, 6.45) is 1.89. The molecule has 1 aliphatic rings. The molecule has 21 heavy (non-hydrogen) atoms. The molecule has 1 atom stereocenters. The zero-order valence-electron chi connectivity index (χ0n) is 12.8. The third-order valence-corrected chi connectivity index (χ3v) is 3.56. The van der Waals surface area contributed by atoms with Crippen LogP contribution in [-0.4, -0.2) is 38.6 Å². The van der Waals surface area contributed by atoms with Gasteiger partial charge in [-0.3, -0.25) is 9.59 Å². The number of carbonyl (C=O) groups excluding carboxylic acids is 2. The van der Waals surface area contributed by atoms with E-state index in [9.17, 15) is 9.59 Å². The first-order valence-corrected chi connectivity index (χ1v) is 7.21. The highest BCUT2D eigenvalue weighted by atomic mass is 16.5. The van der Waals surface area contributed by atoms with Gasteiger partial charge in [0, 0.05) is 26.1 Å². The van der Waals surface area contributed by atoms with Crippen molar-refractivity contribution in [2.75, 3.05) is 25.7 Å². The summed E-state index contributed by atoms with van der Waals surface area (Å²) in [7, 11) is 3.32. The first kappa shape index (κ1) is 15.5. The van der Waals surface area contributed by atoms with E-state index in [4.69, 9.17) is 4.74 Å². The summed E-state index contributed by atoms with van der Waals surface area (Å²) >= 11 is 0. The topological polar surface area (TPSA) is 58.6 Å². The van der Waals surface area contributed by atoms with E-state index in [1.807, 2.05) is 13.0 Å². The summed E-state index contributed by atoms with van der Waals surface area (Å²) in [5.41, 5.74) is 1.16. The van der Waals surface area contributed by atoms with Crippen LogP contribution in [0, 0.1) is 5.92 Å². The van der Waals surface area contributed by atoms with Crippen molar-refractivity contribution < 1.29 is 14.3 Å². The van der Waals surface area contributed by atoms with Crippen molar-refractivity contribution in [1.82, 2.24) is 5.32 Å². The van der Waals surface area contributed by atoms with Gasteiger partial charge in [-0.25, -0.2) is 0 Å². The molecule has 114 valence electrons. The molecular formula is C16H22N2O3. The monoisotopic (exact) mass is 290 g/mol. The quantitative estimate of drug-likeness (QED) is 0.869. The van der Waals surface area contributed by atoms with E-state index in [0.29, 0.717) is 17.9 Å². The molecule has 5 nitrogen and oxygen atoms in total. The lowest BCUT2D eigenvalue weighted by Gasteiger charge is -2.21. The Morgan fingerprint density at radius 1 is 1.38 bits per heavy atom. The molecule has 2 rings (SSSR count). The van der Waals surface area contributed by atoms with Gasteiger partial charge in [-0.15, -0.1) is 0 Å². The number of methoxy groups -OCH3 is 1. The van der Waals surface area contributed by atoms with Crippen LogP contribution in [0.3, 0.4) is 0 Å². The number of hydrogen-bond acceptors (Lipinski definition) is 3. The van der Waals surface area contributed by atoms with Gasteiger partial charge in [-0.1, -0.05) is 12.1 Å². The highest BCUT2D eigenvalue weighted by Gasteiger charge is 2.33. The number of rotatable bonds is 6. The Hall–Kier alpha value is -1.88. The third kappa shape index (κ3) is 3.82. The number of nitrogens with zero attached hydrogens (tertiary/aromatic N) is 1. The summed E-state index contributed by atoms with van der Waals surface area (Å²) in [4.78, 5) is 26.1. The Balaban J connectivity index is 2.15. The van der Waals surface area contributed by atoms with Gasteiger partial charge in [0.1, 0.15) is 0 Å². The summed E-state index contributed by atoms with van der Waals surface area (Å²) < 4.78 is 5.02. The van der Waals surface area contributed by atoms with Crippen molar-refractivity contribution in [3.63, 3.8) is 0 Å². The van der Waals surface area contributed by atoms with Gasteiger partial charge < -0.3 is 15.0 Å². The van der Waals surface area contributed by atoms with Gasteiger partial charge in [-0.05, 0) is 31.9 Å². The van der Waals surface area contributed by atoms with Gasteiger partial charge in [-0.2, -0.15) is 0 Å².